The lowest BCUT2D eigenvalue weighted by molar-refractivity contribution is -0.132. The maximum atomic E-state index is 12.2. The van der Waals surface area contributed by atoms with Crippen LogP contribution in [-0.2, 0) is 4.79 Å². The zero-order valence-electron chi connectivity index (χ0n) is 13.6. The Morgan fingerprint density at radius 3 is 2.40 bits per heavy atom. The molecule has 20 heavy (non-hydrogen) atoms. The van der Waals surface area contributed by atoms with E-state index < -0.39 is 0 Å². The van der Waals surface area contributed by atoms with Crippen molar-refractivity contribution < 1.29 is 9.90 Å². The fourth-order valence-electron chi connectivity index (χ4n) is 3.04. The highest BCUT2D eigenvalue weighted by Gasteiger charge is 2.29. The predicted molar refractivity (Wildman–Crippen MR) is 82.2 cm³/mol. The van der Waals surface area contributed by atoms with Gasteiger partial charge in [0.25, 0.3) is 0 Å². The lowest BCUT2D eigenvalue weighted by atomic mass is 9.76. The molecule has 0 aromatic rings. The Kier molecular flexibility index (Phi) is 6.46. The molecule has 1 aliphatic rings. The van der Waals surface area contributed by atoms with Crippen molar-refractivity contribution in [2.24, 2.45) is 23.0 Å². The van der Waals surface area contributed by atoms with Crippen molar-refractivity contribution in [3.63, 3.8) is 0 Å². The van der Waals surface area contributed by atoms with Crippen LogP contribution in [0, 0.1) is 17.3 Å². The van der Waals surface area contributed by atoms with Crippen LogP contribution in [-0.4, -0.2) is 42.2 Å². The molecular weight excluding hydrogens is 252 g/mol. The summed E-state index contributed by atoms with van der Waals surface area (Å²) in [6.45, 7) is 8.13. The van der Waals surface area contributed by atoms with Gasteiger partial charge in [0.05, 0.1) is 6.10 Å². The molecule has 1 unspecified atom stereocenters. The molecule has 1 atom stereocenters. The number of carbonyl (C=O) groups excluding carboxylic acids is 1. The van der Waals surface area contributed by atoms with Crippen LogP contribution in [0.2, 0.25) is 0 Å². The SMILES string of the molecule is CN(CC1CC(O)C1)C(=O)CCC(CCN)C(C)(C)C. The first-order chi connectivity index (χ1) is 9.24. The van der Waals surface area contributed by atoms with Gasteiger partial charge in [0, 0.05) is 20.0 Å². The van der Waals surface area contributed by atoms with Crippen molar-refractivity contribution in [3.8, 4) is 0 Å². The molecule has 0 heterocycles. The second-order valence-electron chi connectivity index (χ2n) is 7.44. The monoisotopic (exact) mass is 284 g/mol. The van der Waals surface area contributed by atoms with E-state index in [1.54, 1.807) is 0 Å². The molecule has 0 radical (unpaired) electrons. The Hall–Kier alpha value is -0.610. The lowest BCUT2D eigenvalue weighted by Gasteiger charge is -2.35. The summed E-state index contributed by atoms with van der Waals surface area (Å²) in [5.41, 5.74) is 5.88. The fourth-order valence-corrected chi connectivity index (χ4v) is 3.04. The van der Waals surface area contributed by atoms with Crippen LogP contribution in [0.4, 0.5) is 0 Å². The second-order valence-corrected chi connectivity index (χ2v) is 7.44. The summed E-state index contributed by atoms with van der Waals surface area (Å²) in [5, 5.41) is 9.28. The molecule has 4 nitrogen and oxygen atoms in total. The molecule has 1 rings (SSSR count). The van der Waals surface area contributed by atoms with E-state index in [2.05, 4.69) is 20.8 Å². The van der Waals surface area contributed by atoms with E-state index in [0.29, 0.717) is 24.8 Å². The van der Waals surface area contributed by atoms with Gasteiger partial charge in [0.1, 0.15) is 0 Å². The van der Waals surface area contributed by atoms with Crippen LogP contribution in [0.1, 0.15) is 52.9 Å². The molecule has 1 fully saturated rings. The van der Waals surface area contributed by atoms with E-state index >= 15 is 0 Å². The molecule has 0 spiro atoms. The van der Waals surface area contributed by atoms with E-state index in [1.165, 1.54) is 0 Å². The van der Waals surface area contributed by atoms with Gasteiger partial charge in [-0.2, -0.15) is 0 Å². The number of aliphatic hydroxyl groups is 1. The lowest BCUT2D eigenvalue weighted by Crippen LogP contribution is -2.39. The van der Waals surface area contributed by atoms with Gasteiger partial charge in [-0.1, -0.05) is 20.8 Å². The summed E-state index contributed by atoms with van der Waals surface area (Å²) in [7, 11) is 1.88. The molecular formula is C16H32N2O2. The van der Waals surface area contributed by atoms with Crippen LogP contribution in [0.5, 0.6) is 0 Å². The normalized spacial score (nSPS) is 24.1. The number of rotatable bonds is 7. The van der Waals surface area contributed by atoms with Gasteiger partial charge in [-0.15, -0.1) is 0 Å². The molecule has 1 aliphatic carbocycles. The minimum Gasteiger partial charge on any atom is -0.393 e. The first-order valence-electron chi connectivity index (χ1n) is 7.86. The zero-order valence-corrected chi connectivity index (χ0v) is 13.6. The van der Waals surface area contributed by atoms with Crippen molar-refractivity contribution in [2.45, 2.75) is 59.0 Å². The second kappa shape index (κ2) is 7.41. The van der Waals surface area contributed by atoms with Crippen molar-refractivity contribution in [1.29, 1.82) is 0 Å². The molecule has 3 N–H and O–H groups in total. The molecule has 0 bridgehead atoms. The Morgan fingerprint density at radius 1 is 1.35 bits per heavy atom. The third kappa shape index (κ3) is 5.41. The Balaban J connectivity index is 2.33. The summed E-state index contributed by atoms with van der Waals surface area (Å²) >= 11 is 0. The standard InChI is InChI=1S/C16H32N2O2/c1-16(2,3)13(7-8-17)5-6-15(20)18(4)11-12-9-14(19)10-12/h12-14,19H,5-11,17H2,1-4H3. The van der Waals surface area contributed by atoms with E-state index in [1.807, 2.05) is 11.9 Å². The third-order valence-electron chi connectivity index (χ3n) is 4.62. The molecule has 0 aliphatic heterocycles. The Morgan fingerprint density at radius 2 is 1.95 bits per heavy atom. The molecule has 118 valence electrons. The Bertz CT molecular complexity index is 306. The largest absolute Gasteiger partial charge is 0.393 e. The van der Waals surface area contributed by atoms with Crippen molar-refractivity contribution in [3.05, 3.63) is 0 Å². The highest BCUT2D eigenvalue weighted by atomic mass is 16.3. The quantitative estimate of drug-likeness (QED) is 0.751. The molecule has 1 saturated carbocycles. The van der Waals surface area contributed by atoms with E-state index in [9.17, 15) is 9.90 Å². The topological polar surface area (TPSA) is 66.6 Å². The molecule has 4 heteroatoms. The maximum Gasteiger partial charge on any atom is 0.222 e. The number of amides is 1. The van der Waals surface area contributed by atoms with Crippen LogP contribution in [0.25, 0.3) is 0 Å². The fraction of sp³-hybridized carbons (Fsp3) is 0.938. The number of hydrogen-bond acceptors (Lipinski definition) is 3. The van der Waals surface area contributed by atoms with Crippen LogP contribution >= 0.6 is 0 Å². The van der Waals surface area contributed by atoms with Crippen molar-refractivity contribution in [1.82, 2.24) is 4.90 Å². The first-order valence-corrected chi connectivity index (χ1v) is 7.86. The van der Waals surface area contributed by atoms with Gasteiger partial charge in [0.2, 0.25) is 5.91 Å². The van der Waals surface area contributed by atoms with Gasteiger partial charge < -0.3 is 15.7 Å². The van der Waals surface area contributed by atoms with E-state index in [-0.39, 0.29) is 17.4 Å². The summed E-state index contributed by atoms with van der Waals surface area (Å²) in [6, 6.07) is 0. The van der Waals surface area contributed by atoms with Gasteiger partial charge in [-0.25, -0.2) is 0 Å². The van der Waals surface area contributed by atoms with Crippen LogP contribution in [0.15, 0.2) is 0 Å². The minimum absolute atomic E-state index is 0.140. The zero-order chi connectivity index (χ0) is 15.3. The van der Waals surface area contributed by atoms with Gasteiger partial charge in [0.15, 0.2) is 0 Å². The number of nitrogens with zero attached hydrogens (tertiary/aromatic N) is 1. The summed E-state index contributed by atoms with van der Waals surface area (Å²) in [5.74, 6) is 1.20. The highest BCUT2D eigenvalue weighted by Crippen LogP contribution is 2.32. The minimum atomic E-state index is -0.140. The molecule has 1 amide bonds. The van der Waals surface area contributed by atoms with Crippen LogP contribution < -0.4 is 5.73 Å². The predicted octanol–water partition coefficient (Wildman–Crippen LogP) is 2.01. The smallest absolute Gasteiger partial charge is 0.222 e. The average molecular weight is 284 g/mol. The molecule has 0 aromatic carbocycles. The number of aliphatic hydroxyl groups excluding tert-OH is 1. The molecule has 0 aromatic heterocycles. The van der Waals surface area contributed by atoms with E-state index in [4.69, 9.17) is 5.73 Å². The van der Waals surface area contributed by atoms with Gasteiger partial charge in [-0.05, 0) is 49.5 Å². The third-order valence-corrected chi connectivity index (χ3v) is 4.62. The Labute approximate surface area is 123 Å². The highest BCUT2D eigenvalue weighted by molar-refractivity contribution is 5.75. The molecule has 0 saturated heterocycles. The van der Waals surface area contributed by atoms with Gasteiger partial charge >= 0.3 is 0 Å². The maximum absolute atomic E-state index is 12.2. The first kappa shape index (κ1) is 17.4. The summed E-state index contributed by atoms with van der Waals surface area (Å²) in [4.78, 5) is 14.0. The van der Waals surface area contributed by atoms with Crippen LogP contribution in [0.3, 0.4) is 0 Å². The average Bonchev–Trinajstić information content (AvgIpc) is 2.30. The van der Waals surface area contributed by atoms with Gasteiger partial charge in [-0.3, -0.25) is 4.79 Å². The van der Waals surface area contributed by atoms with Crippen molar-refractivity contribution in [2.75, 3.05) is 20.1 Å². The number of hydrogen-bond donors (Lipinski definition) is 2. The van der Waals surface area contributed by atoms with E-state index in [0.717, 1.165) is 32.2 Å². The summed E-state index contributed by atoms with van der Waals surface area (Å²) in [6.07, 6.45) is 4.05. The number of carbonyl (C=O) groups is 1. The van der Waals surface area contributed by atoms with Crippen molar-refractivity contribution >= 4 is 5.91 Å². The number of nitrogens with two attached hydrogens (primary N) is 1. The summed E-state index contributed by atoms with van der Waals surface area (Å²) < 4.78 is 0.